The van der Waals surface area contributed by atoms with Crippen molar-refractivity contribution in [3.8, 4) is 11.1 Å². The molecule has 3 aromatic rings. The first-order valence-electron chi connectivity index (χ1n) is 11.8. The number of thiol groups is 1. The Morgan fingerprint density at radius 2 is 1.85 bits per heavy atom. The molecule has 0 radical (unpaired) electrons. The minimum absolute atomic E-state index is 0.0279. The molecule has 2 fully saturated rings. The molecule has 178 valence electrons. The molecule has 2 aliphatic rings. The van der Waals surface area contributed by atoms with Crippen LogP contribution < -0.4 is 10.9 Å². The first kappa shape index (κ1) is 22.9. The number of aromatic nitrogens is 3. The lowest BCUT2D eigenvalue weighted by Gasteiger charge is -2.31. The molecule has 4 heterocycles. The van der Waals surface area contributed by atoms with E-state index in [4.69, 9.17) is 9.72 Å². The van der Waals surface area contributed by atoms with Crippen LogP contribution in [0.5, 0.6) is 0 Å². The molecular weight excluding hydrogens is 450 g/mol. The van der Waals surface area contributed by atoms with Gasteiger partial charge >= 0.3 is 0 Å². The number of pyridine rings is 1. The Morgan fingerprint density at radius 1 is 1.12 bits per heavy atom. The molecule has 2 saturated heterocycles. The van der Waals surface area contributed by atoms with Crippen molar-refractivity contribution in [1.29, 1.82) is 0 Å². The third-order valence-corrected chi connectivity index (χ3v) is 7.15. The Bertz CT molecular complexity index is 1260. The molecule has 0 bridgehead atoms. The minimum Gasteiger partial charge on any atom is -0.381 e. The fourth-order valence-corrected chi connectivity index (χ4v) is 5.14. The molecule has 1 aromatic carbocycles. The number of anilines is 1. The van der Waals surface area contributed by atoms with Gasteiger partial charge in [0.25, 0.3) is 10.8 Å². The summed E-state index contributed by atoms with van der Waals surface area (Å²) in [5.74, 6) is 0.506. The molecule has 2 aromatic heterocycles. The molecule has 0 saturated carbocycles. The van der Waals surface area contributed by atoms with Crippen LogP contribution in [-0.4, -0.2) is 57.0 Å². The van der Waals surface area contributed by atoms with E-state index >= 15 is 0 Å². The molecule has 0 spiro atoms. The van der Waals surface area contributed by atoms with E-state index in [1.165, 1.54) is 0 Å². The quantitative estimate of drug-likeness (QED) is 0.549. The average molecular weight is 480 g/mol. The van der Waals surface area contributed by atoms with Gasteiger partial charge in [-0.05, 0) is 49.8 Å². The highest BCUT2D eigenvalue weighted by Crippen LogP contribution is 2.28. The Labute approximate surface area is 203 Å². The highest BCUT2D eigenvalue weighted by molar-refractivity contribution is 7.96. The molecular formula is C25H29N5O3S. The van der Waals surface area contributed by atoms with Gasteiger partial charge in [-0.3, -0.25) is 14.2 Å². The largest absolute Gasteiger partial charge is 0.381 e. The number of amides is 1. The summed E-state index contributed by atoms with van der Waals surface area (Å²) >= 11 is 3.92. The van der Waals surface area contributed by atoms with Crippen molar-refractivity contribution in [2.75, 3.05) is 31.6 Å². The highest BCUT2D eigenvalue weighted by Gasteiger charge is 2.24. The number of likely N-dealkylation sites (tertiary alicyclic amines) is 1. The van der Waals surface area contributed by atoms with Crippen LogP contribution >= 0.6 is 12.6 Å². The Kier molecular flexibility index (Phi) is 6.56. The third kappa shape index (κ3) is 4.54. The molecule has 0 aliphatic carbocycles. The van der Waals surface area contributed by atoms with Crippen molar-refractivity contribution < 1.29 is 9.53 Å². The van der Waals surface area contributed by atoms with Gasteiger partial charge in [-0.25, -0.2) is 4.98 Å². The summed E-state index contributed by atoms with van der Waals surface area (Å²) in [6.07, 6.45) is 4.94. The monoisotopic (exact) mass is 479 g/mol. The van der Waals surface area contributed by atoms with Crippen LogP contribution in [-0.2, 0) is 4.74 Å². The van der Waals surface area contributed by atoms with Crippen molar-refractivity contribution in [1.82, 2.24) is 19.4 Å². The molecule has 9 heteroatoms. The summed E-state index contributed by atoms with van der Waals surface area (Å²) in [7, 11) is 0. The van der Waals surface area contributed by atoms with Gasteiger partial charge in [-0.2, -0.15) is 4.98 Å². The van der Waals surface area contributed by atoms with E-state index in [2.05, 4.69) is 22.9 Å². The van der Waals surface area contributed by atoms with Crippen LogP contribution in [0.25, 0.3) is 22.2 Å². The Hall–Kier alpha value is -2.91. The second-order valence-electron chi connectivity index (χ2n) is 9.05. The number of nitrogens with one attached hydrogen (secondary N) is 1. The second kappa shape index (κ2) is 9.76. The van der Waals surface area contributed by atoms with Crippen molar-refractivity contribution in [2.24, 2.45) is 0 Å². The zero-order valence-corrected chi connectivity index (χ0v) is 20.1. The molecule has 2 aliphatic heterocycles. The molecule has 1 N–H and O–H groups in total. The summed E-state index contributed by atoms with van der Waals surface area (Å²) in [5.41, 5.74) is 3.28. The van der Waals surface area contributed by atoms with Gasteiger partial charge in [0.15, 0.2) is 0 Å². The van der Waals surface area contributed by atoms with E-state index in [-0.39, 0.29) is 22.9 Å². The number of piperidine rings is 1. The van der Waals surface area contributed by atoms with Crippen LogP contribution in [0.4, 0.5) is 10.7 Å². The maximum atomic E-state index is 13.8. The second-order valence-corrected chi connectivity index (χ2v) is 9.44. The van der Waals surface area contributed by atoms with Crippen molar-refractivity contribution in [3.63, 3.8) is 0 Å². The number of benzene rings is 1. The zero-order chi connectivity index (χ0) is 23.7. The van der Waals surface area contributed by atoms with E-state index in [1.807, 2.05) is 41.8 Å². The van der Waals surface area contributed by atoms with Gasteiger partial charge in [-0.1, -0.05) is 36.9 Å². The molecule has 1 amide bonds. The highest BCUT2D eigenvalue weighted by atomic mass is 32.1. The zero-order valence-electron chi connectivity index (χ0n) is 19.2. The lowest BCUT2D eigenvalue weighted by Crippen LogP contribution is -2.40. The van der Waals surface area contributed by atoms with E-state index < -0.39 is 0 Å². The summed E-state index contributed by atoms with van der Waals surface area (Å²) in [4.78, 5) is 36.4. The number of hydrogen-bond acceptors (Lipinski definition) is 6. The van der Waals surface area contributed by atoms with Crippen LogP contribution in [0, 0.1) is 6.92 Å². The van der Waals surface area contributed by atoms with Gasteiger partial charge < -0.3 is 15.0 Å². The SMILES string of the molecule is Cc1ccccc1-c1cc2cnc(NC3CCN(C(=O)S)CC3)nc2n(C2CCOCC2)c1=O. The summed E-state index contributed by atoms with van der Waals surface area (Å²) in [6.45, 7) is 4.59. The standard InChI is InChI=1S/C25H29N5O3S/c1-16-4-2-3-5-20(16)21-14-17-15-26-24(27-18-6-10-29(11-7-18)25(32)34)28-22(17)30(23(21)31)19-8-12-33-13-9-19/h2-5,14-15,18-19H,6-13H2,1H3,(H,32,34)(H,26,27,28). The number of rotatable bonds is 4. The van der Waals surface area contributed by atoms with Gasteiger partial charge in [0, 0.05) is 55.5 Å². The molecule has 8 nitrogen and oxygen atoms in total. The molecule has 0 atom stereocenters. The van der Waals surface area contributed by atoms with Gasteiger partial charge in [0.2, 0.25) is 5.95 Å². The summed E-state index contributed by atoms with van der Waals surface area (Å²) in [6, 6.07) is 10.1. The van der Waals surface area contributed by atoms with Gasteiger partial charge in [0.1, 0.15) is 5.65 Å². The topological polar surface area (TPSA) is 89.3 Å². The Morgan fingerprint density at radius 3 is 2.56 bits per heavy atom. The van der Waals surface area contributed by atoms with Crippen LogP contribution in [0.1, 0.15) is 37.3 Å². The van der Waals surface area contributed by atoms with Crippen molar-refractivity contribution >= 4 is 34.8 Å². The fourth-order valence-electron chi connectivity index (χ4n) is 4.94. The van der Waals surface area contributed by atoms with Crippen molar-refractivity contribution in [3.05, 3.63) is 52.4 Å². The predicted molar refractivity (Wildman–Crippen MR) is 136 cm³/mol. The first-order valence-corrected chi connectivity index (χ1v) is 12.3. The molecule has 0 unspecified atom stereocenters. The number of ether oxygens (including phenoxy) is 1. The minimum atomic E-state index is -0.189. The first-order chi connectivity index (χ1) is 16.5. The average Bonchev–Trinajstić information content (AvgIpc) is 2.85. The van der Waals surface area contributed by atoms with Crippen LogP contribution in [0.2, 0.25) is 0 Å². The number of fused-ring (bicyclic) bond motifs is 1. The number of carbonyl (C=O) groups is 1. The number of aryl methyl sites for hydroxylation is 1. The van der Waals surface area contributed by atoms with Crippen LogP contribution in [0.3, 0.4) is 0 Å². The molecule has 34 heavy (non-hydrogen) atoms. The maximum Gasteiger partial charge on any atom is 0.278 e. The third-order valence-electron chi connectivity index (χ3n) is 6.86. The number of hydrogen-bond donors (Lipinski definition) is 2. The van der Waals surface area contributed by atoms with Gasteiger partial charge in [-0.15, -0.1) is 0 Å². The van der Waals surface area contributed by atoms with E-state index in [0.29, 0.717) is 43.5 Å². The number of carbonyl (C=O) groups excluding carboxylic acids is 1. The maximum absolute atomic E-state index is 13.8. The smallest absolute Gasteiger partial charge is 0.278 e. The summed E-state index contributed by atoms with van der Waals surface area (Å²) < 4.78 is 7.42. The number of nitrogens with zero attached hydrogens (tertiary/aromatic N) is 4. The predicted octanol–water partition coefficient (Wildman–Crippen LogP) is 4.04. The lowest BCUT2D eigenvalue weighted by atomic mass is 10.00. The normalized spacial score (nSPS) is 17.8. The van der Waals surface area contributed by atoms with Gasteiger partial charge in [0.05, 0.1) is 0 Å². The van der Waals surface area contributed by atoms with Crippen LogP contribution in [0.15, 0.2) is 41.3 Å². The van der Waals surface area contributed by atoms with E-state index in [9.17, 15) is 9.59 Å². The summed E-state index contributed by atoms with van der Waals surface area (Å²) in [5, 5.41) is 4.06. The van der Waals surface area contributed by atoms with E-state index in [0.717, 1.165) is 42.2 Å². The molecule has 5 rings (SSSR count). The Balaban J connectivity index is 1.54. The van der Waals surface area contributed by atoms with Crippen molar-refractivity contribution in [2.45, 2.75) is 44.7 Å². The van der Waals surface area contributed by atoms with E-state index in [1.54, 1.807) is 11.1 Å². The fraction of sp³-hybridized carbons (Fsp3) is 0.440. The lowest BCUT2D eigenvalue weighted by molar-refractivity contribution is 0.0697.